The fourth-order valence-electron chi connectivity index (χ4n) is 3.25. The van der Waals surface area contributed by atoms with Crippen LogP contribution < -0.4 is 20.1 Å². The van der Waals surface area contributed by atoms with E-state index >= 15 is 0 Å². The summed E-state index contributed by atoms with van der Waals surface area (Å²) in [6, 6.07) is 11.1. The molecule has 0 bridgehead atoms. The van der Waals surface area contributed by atoms with Crippen molar-refractivity contribution < 1.29 is 19.1 Å². The van der Waals surface area contributed by atoms with Crippen molar-refractivity contribution in [2.24, 2.45) is 0 Å². The number of nitrogens with one attached hydrogen (secondary N) is 2. The van der Waals surface area contributed by atoms with E-state index in [9.17, 15) is 9.59 Å². The predicted octanol–water partition coefficient (Wildman–Crippen LogP) is 5.51. The zero-order chi connectivity index (χ0) is 25.5. The van der Waals surface area contributed by atoms with Crippen LogP contribution in [0.15, 0.2) is 61.7 Å². The van der Waals surface area contributed by atoms with Crippen LogP contribution in [0.1, 0.15) is 36.8 Å². The molecule has 0 unspecified atom stereocenters. The Morgan fingerprint density at radius 3 is 1.57 bits per heavy atom. The van der Waals surface area contributed by atoms with Crippen molar-refractivity contribution in [3.05, 3.63) is 82.9 Å². The molecule has 0 saturated heterocycles. The number of hydrogen-bond donors (Lipinski definition) is 2. The molecule has 0 atom stereocenters. The first-order valence-electron chi connectivity index (χ1n) is 11.6. The van der Waals surface area contributed by atoms with E-state index in [1.807, 2.05) is 24.3 Å². The number of rotatable bonds is 16. The molecule has 188 valence electrons. The summed E-state index contributed by atoms with van der Waals surface area (Å²) < 4.78 is 12.0. The average Bonchev–Trinajstić information content (AvgIpc) is 2.85. The molecule has 0 spiro atoms. The van der Waals surface area contributed by atoms with Crippen LogP contribution in [0.2, 0.25) is 10.0 Å². The van der Waals surface area contributed by atoms with E-state index in [1.54, 1.807) is 12.1 Å². The molecular weight excluding hydrogens is 487 g/mol. The summed E-state index contributed by atoms with van der Waals surface area (Å²) in [6.45, 7) is 9.04. The SMILES string of the molecule is C=CC(=O)NCCCCOc1ccc(Cl)cc1Cc1cc(Cl)ccc1OCCCCNC(=O)C=C. The average molecular weight is 519 g/mol. The molecule has 0 aliphatic rings. The number of benzene rings is 2. The summed E-state index contributed by atoms with van der Waals surface area (Å²) in [4.78, 5) is 22.4. The molecule has 0 radical (unpaired) electrons. The van der Waals surface area contributed by atoms with Crippen LogP contribution in [0.3, 0.4) is 0 Å². The standard InChI is InChI=1S/C27H32Cl2N2O4/c1-3-26(32)30-13-5-7-15-34-24-11-9-22(28)18-20(24)17-21-19-23(29)10-12-25(21)35-16-8-6-14-31-27(33)4-2/h3-4,9-12,18-19H,1-2,5-8,13-17H2,(H,30,32)(H,31,33). The Balaban J connectivity index is 1.94. The molecule has 6 nitrogen and oxygen atoms in total. The number of amides is 2. The molecule has 2 aromatic carbocycles. The molecule has 0 aromatic heterocycles. The van der Waals surface area contributed by atoms with Crippen molar-refractivity contribution in [1.29, 1.82) is 0 Å². The molecular formula is C27H32Cl2N2O4. The van der Waals surface area contributed by atoms with Gasteiger partial charge in [-0.05, 0) is 74.2 Å². The summed E-state index contributed by atoms with van der Waals surface area (Å²) in [5.74, 6) is 1.14. The highest BCUT2D eigenvalue weighted by molar-refractivity contribution is 6.31. The summed E-state index contributed by atoms with van der Waals surface area (Å²) >= 11 is 12.5. The van der Waals surface area contributed by atoms with Gasteiger partial charge in [0.05, 0.1) is 13.2 Å². The lowest BCUT2D eigenvalue weighted by Gasteiger charge is -2.15. The number of carbonyl (C=O) groups excluding carboxylic acids is 2. The molecule has 0 heterocycles. The first kappa shape index (κ1) is 28.3. The third-order valence-electron chi connectivity index (χ3n) is 5.05. The first-order valence-corrected chi connectivity index (χ1v) is 12.3. The monoisotopic (exact) mass is 518 g/mol. The van der Waals surface area contributed by atoms with E-state index in [1.165, 1.54) is 12.2 Å². The lowest BCUT2D eigenvalue weighted by Crippen LogP contribution is -2.22. The van der Waals surface area contributed by atoms with Gasteiger partial charge in [0.2, 0.25) is 11.8 Å². The summed E-state index contributed by atoms with van der Waals surface area (Å²) in [6.07, 6.45) is 6.23. The van der Waals surface area contributed by atoms with Gasteiger partial charge in [0.25, 0.3) is 0 Å². The van der Waals surface area contributed by atoms with Crippen molar-refractivity contribution in [2.45, 2.75) is 32.1 Å². The summed E-state index contributed by atoms with van der Waals surface area (Å²) in [5.41, 5.74) is 1.86. The van der Waals surface area contributed by atoms with Crippen LogP contribution in [0.25, 0.3) is 0 Å². The Hall–Kier alpha value is -2.96. The summed E-state index contributed by atoms with van der Waals surface area (Å²) in [7, 11) is 0. The van der Waals surface area contributed by atoms with Gasteiger partial charge in [-0.15, -0.1) is 0 Å². The van der Waals surface area contributed by atoms with Crippen LogP contribution in [0, 0.1) is 0 Å². The minimum atomic E-state index is -0.176. The smallest absolute Gasteiger partial charge is 0.243 e. The van der Waals surface area contributed by atoms with Gasteiger partial charge in [-0.1, -0.05) is 36.4 Å². The van der Waals surface area contributed by atoms with Gasteiger partial charge < -0.3 is 20.1 Å². The maximum atomic E-state index is 11.2. The van der Waals surface area contributed by atoms with E-state index < -0.39 is 0 Å². The third kappa shape index (κ3) is 10.9. The van der Waals surface area contributed by atoms with E-state index in [0.29, 0.717) is 42.8 Å². The van der Waals surface area contributed by atoms with E-state index in [4.69, 9.17) is 32.7 Å². The maximum Gasteiger partial charge on any atom is 0.243 e. The quantitative estimate of drug-likeness (QED) is 0.227. The van der Waals surface area contributed by atoms with Crippen LogP contribution in [-0.2, 0) is 16.0 Å². The number of unbranched alkanes of at least 4 members (excludes halogenated alkanes) is 2. The Bertz CT molecular complexity index is 931. The van der Waals surface area contributed by atoms with Gasteiger partial charge in [0.1, 0.15) is 11.5 Å². The lowest BCUT2D eigenvalue weighted by molar-refractivity contribution is -0.117. The Kier molecular flexibility index (Phi) is 12.8. The molecule has 2 aromatic rings. The second-order valence-corrected chi connectivity index (χ2v) is 8.66. The second-order valence-electron chi connectivity index (χ2n) is 7.78. The fourth-order valence-corrected chi connectivity index (χ4v) is 3.63. The van der Waals surface area contributed by atoms with Crippen molar-refractivity contribution >= 4 is 35.0 Å². The minimum Gasteiger partial charge on any atom is -0.493 e. The molecule has 2 amide bonds. The number of ether oxygens (including phenoxy) is 2. The Labute approximate surface area is 217 Å². The lowest BCUT2D eigenvalue weighted by atomic mass is 10.0. The predicted molar refractivity (Wildman–Crippen MR) is 142 cm³/mol. The van der Waals surface area contributed by atoms with Crippen LogP contribution in [-0.4, -0.2) is 38.1 Å². The van der Waals surface area contributed by atoms with Crippen LogP contribution in [0.5, 0.6) is 11.5 Å². The highest BCUT2D eigenvalue weighted by atomic mass is 35.5. The van der Waals surface area contributed by atoms with Gasteiger partial charge in [-0.25, -0.2) is 0 Å². The van der Waals surface area contributed by atoms with Gasteiger partial charge in [0, 0.05) is 40.7 Å². The topological polar surface area (TPSA) is 76.7 Å². The van der Waals surface area contributed by atoms with Crippen LogP contribution >= 0.6 is 23.2 Å². The van der Waals surface area contributed by atoms with Gasteiger partial charge in [-0.3, -0.25) is 9.59 Å². The van der Waals surface area contributed by atoms with Crippen molar-refractivity contribution in [3.63, 3.8) is 0 Å². The fraction of sp³-hybridized carbons (Fsp3) is 0.333. The molecule has 35 heavy (non-hydrogen) atoms. The molecule has 2 rings (SSSR count). The summed E-state index contributed by atoms with van der Waals surface area (Å²) in [5, 5.41) is 6.73. The zero-order valence-electron chi connectivity index (χ0n) is 19.8. The zero-order valence-corrected chi connectivity index (χ0v) is 21.3. The van der Waals surface area contributed by atoms with E-state index in [2.05, 4.69) is 23.8 Å². The normalized spacial score (nSPS) is 10.3. The molecule has 0 aliphatic heterocycles. The van der Waals surface area contributed by atoms with Crippen LogP contribution in [0.4, 0.5) is 0 Å². The molecule has 8 heteroatoms. The third-order valence-corrected chi connectivity index (χ3v) is 5.52. The maximum absolute atomic E-state index is 11.2. The minimum absolute atomic E-state index is 0.176. The van der Waals surface area contributed by atoms with Gasteiger partial charge in [0.15, 0.2) is 0 Å². The van der Waals surface area contributed by atoms with Gasteiger partial charge in [-0.2, -0.15) is 0 Å². The molecule has 0 aliphatic carbocycles. The molecule has 2 N–H and O–H groups in total. The van der Waals surface area contributed by atoms with Crippen molar-refractivity contribution in [3.8, 4) is 11.5 Å². The second kappa shape index (κ2) is 15.8. The van der Waals surface area contributed by atoms with E-state index in [-0.39, 0.29) is 11.8 Å². The molecule has 0 saturated carbocycles. The Morgan fingerprint density at radius 2 is 1.17 bits per heavy atom. The van der Waals surface area contributed by atoms with Crippen molar-refractivity contribution in [2.75, 3.05) is 26.3 Å². The Morgan fingerprint density at radius 1 is 0.743 bits per heavy atom. The number of halogens is 2. The number of carbonyl (C=O) groups is 2. The molecule has 0 fully saturated rings. The number of hydrogen-bond acceptors (Lipinski definition) is 4. The first-order chi connectivity index (χ1) is 16.9. The largest absolute Gasteiger partial charge is 0.493 e. The van der Waals surface area contributed by atoms with Gasteiger partial charge >= 0.3 is 0 Å². The van der Waals surface area contributed by atoms with E-state index in [0.717, 1.165) is 48.3 Å². The highest BCUT2D eigenvalue weighted by Crippen LogP contribution is 2.31. The van der Waals surface area contributed by atoms with Crippen molar-refractivity contribution in [1.82, 2.24) is 10.6 Å². The highest BCUT2D eigenvalue weighted by Gasteiger charge is 2.11.